The Kier molecular flexibility index (Phi) is 2.65. The fourth-order valence-electron chi connectivity index (χ4n) is 2.49. The highest BCUT2D eigenvalue weighted by molar-refractivity contribution is 7.71. The van der Waals surface area contributed by atoms with Crippen LogP contribution in [0.3, 0.4) is 0 Å². The second kappa shape index (κ2) is 4.40. The van der Waals surface area contributed by atoms with Gasteiger partial charge in [-0.15, -0.1) is 11.3 Å². The Bertz CT molecular complexity index is 902. The van der Waals surface area contributed by atoms with Crippen LogP contribution in [0.2, 0.25) is 0 Å². The molecule has 2 aromatic heterocycles. The number of aromatic nitrogens is 2. The molecule has 0 atom stereocenters. The number of nitrogens with one attached hydrogen (secondary N) is 1. The van der Waals surface area contributed by atoms with E-state index in [4.69, 9.17) is 12.2 Å². The Labute approximate surface area is 124 Å². The molecule has 1 aliphatic rings. The minimum atomic E-state index is 0.0321. The molecule has 5 heteroatoms. The molecule has 0 amide bonds. The summed E-state index contributed by atoms with van der Waals surface area (Å²) in [6, 6.07) is 10.3. The number of thiophene rings is 1. The first-order valence-electron chi connectivity index (χ1n) is 6.56. The first-order chi connectivity index (χ1) is 9.74. The average Bonchev–Trinajstić information content (AvgIpc) is 3.12. The lowest BCUT2D eigenvalue weighted by Gasteiger charge is -2.07. The van der Waals surface area contributed by atoms with Crippen LogP contribution >= 0.6 is 23.6 Å². The molecule has 1 saturated carbocycles. The average molecular weight is 300 g/mol. The van der Waals surface area contributed by atoms with E-state index in [1.165, 1.54) is 4.88 Å². The second-order valence-electron chi connectivity index (χ2n) is 5.07. The summed E-state index contributed by atoms with van der Waals surface area (Å²) in [5.41, 5.74) is 1.93. The third kappa shape index (κ3) is 1.85. The maximum atomic E-state index is 12.6. The SMILES string of the molecule is O=c1c2cc(-c3cccs3)ccc2[nH]c(=S)n1C1CC1. The van der Waals surface area contributed by atoms with E-state index in [0.29, 0.717) is 10.8 Å². The highest BCUT2D eigenvalue weighted by Gasteiger charge is 2.26. The molecule has 1 aromatic carbocycles. The molecule has 4 rings (SSSR count). The van der Waals surface area contributed by atoms with Crippen molar-refractivity contribution in [3.8, 4) is 10.4 Å². The fraction of sp³-hybridized carbons (Fsp3) is 0.200. The van der Waals surface area contributed by atoms with Gasteiger partial charge in [0.2, 0.25) is 0 Å². The van der Waals surface area contributed by atoms with E-state index in [2.05, 4.69) is 11.1 Å². The van der Waals surface area contributed by atoms with Crippen LogP contribution in [0.25, 0.3) is 21.3 Å². The van der Waals surface area contributed by atoms with Crippen molar-refractivity contribution >= 4 is 34.5 Å². The van der Waals surface area contributed by atoms with Crippen molar-refractivity contribution in [2.24, 2.45) is 0 Å². The Hall–Kier alpha value is -1.72. The lowest BCUT2D eigenvalue weighted by atomic mass is 10.1. The smallest absolute Gasteiger partial charge is 0.262 e. The van der Waals surface area contributed by atoms with E-state index in [9.17, 15) is 4.79 Å². The minimum absolute atomic E-state index is 0.0321. The van der Waals surface area contributed by atoms with Gasteiger partial charge in [-0.1, -0.05) is 12.1 Å². The maximum Gasteiger partial charge on any atom is 0.262 e. The third-order valence-electron chi connectivity index (χ3n) is 3.65. The molecule has 0 saturated heterocycles. The topological polar surface area (TPSA) is 37.8 Å². The Morgan fingerprint density at radius 2 is 2.15 bits per heavy atom. The van der Waals surface area contributed by atoms with Crippen LogP contribution in [0.1, 0.15) is 18.9 Å². The van der Waals surface area contributed by atoms with Gasteiger partial charge >= 0.3 is 0 Å². The number of hydrogen-bond donors (Lipinski definition) is 1. The van der Waals surface area contributed by atoms with Gasteiger partial charge in [-0.3, -0.25) is 9.36 Å². The fourth-order valence-corrected chi connectivity index (χ4v) is 3.55. The van der Waals surface area contributed by atoms with Crippen molar-refractivity contribution in [3.63, 3.8) is 0 Å². The third-order valence-corrected chi connectivity index (χ3v) is 4.86. The summed E-state index contributed by atoms with van der Waals surface area (Å²) >= 11 is 6.98. The zero-order chi connectivity index (χ0) is 13.7. The molecule has 1 N–H and O–H groups in total. The van der Waals surface area contributed by atoms with Gasteiger partial charge in [0.15, 0.2) is 4.77 Å². The van der Waals surface area contributed by atoms with E-state index in [0.717, 1.165) is 29.3 Å². The van der Waals surface area contributed by atoms with Crippen LogP contribution in [0, 0.1) is 4.77 Å². The van der Waals surface area contributed by atoms with Gasteiger partial charge < -0.3 is 4.98 Å². The van der Waals surface area contributed by atoms with Crippen molar-refractivity contribution in [3.05, 3.63) is 50.8 Å². The molecule has 3 aromatic rings. The molecule has 0 unspecified atom stereocenters. The van der Waals surface area contributed by atoms with Crippen molar-refractivity contribution in [2.45, 2.75) is 18.9 Å². The number of nitrogens with zero attached hydrogens (tertiary/aromatic N) is 1. The highest BCUT2D eigenvalue weighted by Crippen LogP contribution is 2.34. The largest absolute Gasteiger partial charge is 0.332 e. The molecule has 0 radical (unpaired) electrons. The predicted octanol–water partition coefficient (Wildman–Crippen LogP) is 4.12. The van der Waals surface area contributed by atoms with Crippen LogP contribution in [0.15, 0.2) is 40.5 Å². The number of rotatable bonds is 2. The van der Waals surface area contributed by atoms with Gasteiger partial charge in [-0.2, -0.15) is 0 Å². The van der Waals surface area contributed by atoms with Crippen molar-refractivity contribution in [2.75, 3.05) is 0 Å². The van der Waals surface area contributed by atoms with Gasteiger partial charge in [-0.05, 0) is 54.2 Å². The lowest BCUT2D eigenvalue weighted by Crippen LogP contribution is -2.21. The summed E-state index contributed by atoms with van der Waals surface area (Å²) in [7, 11) is 0. The minimum Gasteiger partial charge on any atom is -0.332 e. The molecule has 0 aliphatic heterocycles. The summed E-state index contributed by atoms with van der Waals surface area (Å²) in [6.45, 7) is 0. The molecular weight excluding hydrogens is 288 g/mol. The van der Waals surface area contributed by atoms with Crippen molar-refractivity contribution in [1.82, 2.24) is 9.55 Å². The van der Waals surface area contributed by atoms with Gasteiger partial charge in [0.1, 0.15) is 0 Å². The number of fused-ring (bicyclic) bond motifs is 1. The van der Waals surface area contributed by atoms with Crippen molar-refractivity contribution < 1.29 is 0 Å². The molecule has 2 heterocycles. The predicted molar refractivity (Wildman–Crippen MR) is 85.0 cm³/mol. The van der Waals surface area contributed by atoms with E-state index in [-0.39, 0.29) is 5.56 Å². The molecule has 100 valence electrons. The van der Waals surface area contributed by atoms with E-state index < -0.39 is 0 Å². The van der Waals surface area contributed by atoms with Gasteiger partial charge in [0, 0.05) is 10.9 Å². The number of benzene rings is 1. The standard InChI is InChI=1S/C15H12N2OS2/c18-14-11-8-9(13-2-1-7-20-13)3-6-12(11)16-15(19)17(14)10-4-5-10/h1-3,6-8,10H,4-5H2,(H,16,19). The summed E-state index contributed by atoms with van der Waals surface area (Å²) < 4.78 is 2.27. The lowest BCUT2D eigenvalue weighted by molar-refractivity contribution is 0.686. The van der Waals surface area contributed by atoms with Crippen LogP contribution in [0.4, 0.5) is 0 Å². The van der Waals surface area contributed by atoms with Crippen LogP contribution in [0.5, 0.6) is 0 Å². The van der Waals surface area contributed by atoms with E-state index in [1.807, 2.05) is 29.6 Å². The molecule has 3 nitrogen and oxygen atoms in total. The van der Waals surface area contributed by atoms with Crippen LogP contribution < -0.4 is 5.56 Å². The summed E-state index contributed by atoms with van der Waals surface area (Å²) in [4.78, 5) is 17.0. The second-order valence-corrected chi connectivity index (χ2v) is 6.41. The zero-order valence-corrected chi connectivity index (χ0v) is 12.3. The molecule has 0 bridgehead atoms. The molecule has 1 aliphatic carbocycles. The summed E-state index contributed by atoms with van der Waals surface area (Å²) in [5.74, 6) is 0. The van der Waals surface area contributed by atoms with Crippen LogP contribution in [-0.4, -0.2) is 9.55 Å². The zero-order valence-electron chi connectivity index (χ0n) is 10.6. The monoisotopic (exact) mass is 300 g/mol. The van der Waals surface area contributed by atoms with Crippen LogP contribution in [-0.2, 0) is 0 Å². The Morgan fingerprint density at radius 1 is 1.30 bits per heavy atom. The summed E-state index contributed by atoms with van der Waals surface area (Å²) in [5, 5.41) is 2.76. The maximum absolute atomic E-state index is 12.6. The number of aromatic amines is 1. The van der Waals surface area contributed by atoms with E-state index in [1.54, 1.807) is 15.9 Å². The number of H-pyrrole nitrogens is 1. The van der Waals surface area contributed by atoms with Gasteiger partial charge in [-0.25, -0.2) is 0 Å². The van der Waals surface area contributed by atoms with Gasteiger partial charge in [0.05, 0.1) is 10.9 Å². The molecule has 20 heavy (non-hydrogen) atoms. The first-order valence-corrected chi connectivity index (χ1v) is 7.85. The molecule has 1 fully saturated rings. The van der Waals surface area contributed by atoms with Gasteiger partial charge in [0.25, 0.3) is 5.56 Å². The molecule has 0 spiro atoms. The Morgan fingerprint density at radius 3 is 2.85 bits per heavy atom. The quantitative estimate of drug-likeness (QED) is 0.723. The van der Waals surface area contributed by atoms with E-state index >= 15 is 0 Å². The summed E-state index contributed by atoms with van der Waals surface area (Å²) in [6.07, 6.45) is 2.10. The molecular formula is C15H12N2OS2. The normalized spacial score (nSPS) is 14.8. The first kappa shape index (κ1) is 12.1. The number of hydrogen-bond acceptors (Lipinski definition) is 3. The van der Waals surface area contributed by atoms with Crippen molar-refractivity contribution in [1.29, 1.82) is 0 Å². The Balaban J connectivity index is 2.02. The highest BCUT2D eigenvalue weighted by atomic mass is 32.1.